The summed E-state index contributed by atoms with van der Waals surface area (Å²) in [5, 5.41) is 6.90. The Morgan fingerprint density at radius 3 is 3.00 bits per heavy atom. The summed E-state index contributed by atoms with van der Waals surface area (Å²) in [5.41, 5.74) is 0.823. The largest absolute Gasteiger partial charge is 0.337 e. The molecule has 2 rings (SSSR count). The van der Waals surface area contributed by atoms with Gasteiger partial charge in [0.2, 0.25) is 0 Å². The number of hydrogen-bond acceptors (Lipinski definition) is 3. The number of pyridine rings is 1. The number of thiophene rings is 1. The lowest BCUT2D eigenvalue weighted by molar-refractivity contribution is 0.626. The summed E-state index contributed by atoms with van der Waals surface area (Å²) in [6.45, 7) is 0. The lowest BCUT2D eigenvalue weighted by Gasteiger charge is -2.03. The molecular formula is C9H6ClFN2S. The van der Waals surface area contributed by atoms with Gasteiger partial charge in [-0.15, -0.1) is 0 Å². The average molecular weight is 229 g/mol. The van der Waals surface area contributed by atoms with Crippen molar-refractivity contribution in [2.75, 3.05) is 5.32 Å². The molecule has 2 aromatic rings. The highest BCUT2D eigenvalue weighted by atomic mass is 35.5. The first-order valence-electron chi connectivity index (χ1n) is 3.86. The van der Waals surface area contributed by atoms with Gasteiger partial charge in [-0.1, -0.05) is 11.6 Å². The van der Waals surface area contributed by atoms with Crippen LogP contribution < -0.4 is 5.32 Å². The van der Waals surface area contributed by atoms with E-state index in [1.807, 2.05) is 16.8 Å². The van der Waals surface area contributed by atoms with Crippen LogP contribution in [0.15, 0.2) is 29.1 Å². The maximum absolute atomic E-state index is 13.2. The van der Waals surface area contributed by atoms with Gasteiger partial charge in [0, 0.05) is 11.6 Å². The van der Waals surface area contributed by atoms with Gasteiger partial charge in [-0.2, -0.15) is 11.3 Å². The third kappa shape index (κ3) is 2.02. The zero-order chi connectivity index (χ0) is 9.97. The molecule has 0 aliphatic heterocycles. The molecule has 2 heterocycles. The minimum Gasteiger partial charge on any atom is -0.337 e. The normalized spacial score (nSPS) is 10.1. The first-order valence-corrected chi connectivity index (χ1v) is 5.18. The van der Waals surface area contributed by atoms with Gasteiger partial charge in [0.15, 0.2) is 11.6 Å². The summed E-state index contributed by atoms with van der Waals surface area (Å²) < 4.78 is 13.2. The Hall–Kier alpha value is -1.13. The third-order valence-corrected chi connectivity index (χ3v) is 2.48. The van der Waals surface area contributed by atoms with E-state index in [-0.39, 0.29) is 5.82 Å². The molecule has 0 amide bonds. The van der Waals surface area contributed by atoms with Gasteiger partial charge in [0.25, 0.3) is 0 Å². The Labute approximate surface area is 89.4 Å². The van der Waals surface area contributed by atoms with Crippen molar-refractivity contribution >= 4 is 34.4 Å². The van der Waals surface area contributed by atoms with Crippen molar-refractivity contribution in [1.82, 2.24) is 4.98 Å². The van der Waals surface area contributed by atoms with Gasteiger partial charge in [-0.3, -0.25) is 0 Å². The van der Waals surface area contributed by atoms with Crippen molar-refractivity contribution in [2.45, 2.75) is 0 Å². The van der Waals surface area contributed by atoms with Gasteiger partial charge in [0.05, 0.1) is 10.7 Å². The Balaban J connectivity index is 2.25. The number of nitrogens with zero attached hydrogens (tertiary/aromatic N) is 1. The van der Waals surface area contributed by atoms with Gasteiger partial charge in [0.1, 0.15) is 0 Å². The number of aromatic nitrogens is 1. The molecular weight excluding hydrogens is 223 g/mol. The van der Waals surface area contributed by atoms with Gasteiger partial charge >= 0.3 is 0 Å². The van der Waals surface area contributed by atoms with Crippen molar-refractivity contribution in [3.05, 3.63) is 39.9 Å². The third-order valence-electron chi connectivity index (χ3n) is 1.59. The SMILES string of the molecule is Fc1cc(Cl)cnc1Nc1ccsc1. The second kappa shape index (κ2) is 3.94. The highest BCUT2D eigenvalue weighted by Crippen LogP contribution is 2.21. The van der Waals surface area contributed by atoms with Crippen molar-refractivity contribution in [3.63, 3.8) is 0 Å². The molecule has 0 aromatic carbocycles. The fourth-order valence-corrected chi connectivity index (χ4v) is 1.71. The smallest absolute Gasteiger partial charge is 0.167 e. The van der Waals surface area contributed by atoms with Crippen LogP contribution in [0.5, 0.6) is 0 Å². The minimum absolute atomic E-state index is 0.188. The topological polar surface area (TPSA) is 24.9 Å². The van der Waals surface area contributed by atoms with Gasteiger partial charge in [-0.05, 0) is 17.5 Å². The lowest BCUT2D eigenvalue weighted by Crippen LogP contribution is -1.95. The van der Waals surface area contributed by atoms with E-state index in [1.165, 1.54) is 23.6 Å². The van der Waals surface area contributed by atoms with Crippen molar-refractivity contribution in [3.8, 4) is 0 Å². The molecule has 2 aromatic heterocycles. The van der Waals surface area contributed by atoms with E-state index in [9.17, 15) is 4.39 Å². The molecule has 2 nitrogen and oxygen atoms in total. The first-order chi connectivity index (χ1) is 6.75. The second-order valence-corrected chi connectivity index (χ2v) is 3.84. The lowest BCUT2D eigenvalue weighted by atomic mass is 10.4. The van der Waals surface area contributed by atoms with Crippen molar-refractivity contribution in [1.29, 1.82) is 0 Å². The molecule has 0 spiro atoms. The van der Waals surface area contributed by atoms with Crippen molar-refractivity contribution in [2.24, 2.45) is 0 Å². The van der Waals surface area contributed by atoms with Crippen LogP contribution >= 0.6 is 22.9 Å². The molecule has 0 saturated carbocycles. The molecule has 0 radical (unpaired) electrons. The summed E-state index contributed by atoms with van der Waals surface area (Å²) in [7, 11) is 0. The molecule has 5 heteroatoms. The molecule has 14 heavy (non-hydrogen) atoms. The van der Waals surface area contributed by atoms with Crippen LogP contribution in [0.2, 0.25) is 5.02 Å². The molecule has 0 atom stereocenters. The Morgan fingerprint density at radius 2 is 2.36 bits per heavy atom. The van der Waals surface area contributed by atoms with Crippen LogP contribution in [0.4, 0.5) is 15.9 Å². The monoisotopic (exact) mass is 228 g/mol. The summed E-state index contributed by atoms with van der Waals surface area (Å²) in [4.78, 5) is 3.84. The molecule has 0 aliphatic carbocycles. The number of anilines is 2. The Morgan fingerprint density at radius 1 is 1.50 bits per heavy atom. The van der Waals surface area contributed by atoms with E-state index < -0.39 is 5.82 Å². The molecule has 0 unspecified atom stereocenters. The minimum atomic E-state index is -0.455. The maximum Gasteiger partial charge on any atom is 0.167 e. The fraction of sp³-hybridized carbons (Fsp3) is 0. The first kappa shape index (κ1) is 9.43. The van der Waals surface area contributed by atoms with Crippen LogP contribution in [0.3, 0.4) is 0 Å². The van der Waals surface area contributed by atoms with E-state index in [1.54, 1.807) is 0 Å². The molecule has 0 saturated heterocycles. The van der Waals surface area contributed by atoms with Gasteiger partial charge < -0.3 is 5.32 Å². The van der Waals surface area contributed by atoms with Crippen LogP contribution in [-0.4, -0.2) is 4.98 Å². The summed E-state index contributed by atoms with van der Waals surface area (Å²) in [6, 6.07) is 3.07. The van der Waals surface area contributed by atoms with E-state index in [2.05, 4.69) is 10.3 Å². The number of halogens is 2. The average Bonchev–Trinajstić information content (AvgIpc) is 2.62. The van der Waals surface area contributed by atoms with Gasteiger partial charge in [-0.25, -0.2) is 9.37 Å². The summed E-state index contributed by atoms with van der Waals surface area (Å²) in [6.07, 6.45) is 1.40. The number of nitrogens with one attached hydrogen (secondary N) is 1. The molecule has 1 N–H and O–H groups in total. The van der Waals surface area contributed by atoms with Crippen LogP contribution in [-0.2, 0) is 0 Å². The fourth-order valence-electron chi connectivity index (χ4n) is 0.979. The Bertz CT molecular complexity index is 430. The quantitative estimate of drug-likeness (QED) is 0.848. The molecule has 0 bridgehead atoms. The molecule has 0 aliphatic rings. The molecule has 72 valence electrons. The van der Waals surface area contributed by atoms with Crippen LogP contribution in [0, 0.1) is 5.82 Å². The number of rotatable bonds is 2. The summed E-state index contributed by atoms with van der Waals surface area (Å²) >= 11 is 7.10. The predicted octanol–water partition coefficient (Wildman–Crippen LogP) is 3.68. The Kier molecular flexibility index (Phi) is 2.65. The summed E-state index contributed by atoms with van der Waals surface area (Å²) in [5.74, 6) is -0.267. The second-order valence-electron chi connectivity index (χ2n) is 2.62. The highest BCUT2D eigenvalue weighted by Gasteiger charge is 2.04. The van der Waals surface area contributed by atoms with E-state index >= 15 is 0 Å². The standard InChI is InChI=1S/C9H6ClFN2S/c10-6-3-8(11)9(12-4-6)13-7-1-2-14-5-7/h1-5H,(H,12,13). The maximum atomic E-state index is 13.2. The molecule has 0 fully saturated rings. The van der Waals surface area contributed by atoms with Crippen LogP contribution in [0.25, 0.3) is 0 Å². The van der Waals surface area contributed by atoms with E-state index in [0.717, 1.165) is 5.69 Å². The zero-order valence-electron chi connectivity index (χ0n) is 7.00. The van der Waals surface area contributed by atoms with E-state index in [0.29, 0.717) is 5.02 Å². The number of hydrogen-bond donors (Lipinski definition) is 1. The van der Waals surface area contributed by atoms with Crippen LogP contribution in [0.1, 0.15) is 0 Å². The van der Waals surface area contributed by atoms with E-state index in [4.69, 9.17) is 11.6 Å². The highest BCUT2D eigenvalue weighted by molar-refractivity contribution is 7.08. The van der Waals surface area contributed by atoms with Crippen molar-refractivity contribution < 1.29 is 4.39 Å². The predicted molar refractivity (Wildman–Crippen MR) is 56.8 cm³/mol. The zero-order valence-corrected chi connectivity index (χ0v) is 8.57.